The molecule has 0 aliphatic carbocycles. The first-order valence-corrected chi connectivity index (χ1v) is 6.84. The van der Waals surface area contributed by atoms with Crippen molar-refractivity contribution in [2.24, 2.45) is 5.92 Å². The summed E-state index contributed by atoms with van der Waals surface area (Å²) < 4.78 is 5.43. The lowest BCUT2D eigenvalue weighted by atomic mass is 10.1. The van der Waals surface area contributed by atoms with E-state index < -0.39 is 0 Å². The van der Waals surface area contributed by atoms with Gasteiger partial charge in [0.1, 0.15) is 5.75 Å². The van der Waals surface area contributed by atoms with E-state index in [1.165, 1.54) is 0 Å². The molecule has 1 aromatic rings. The molecular weight excluding hydrogens is 266 g/mol. The largest absolute Gasteiger partial charge is 0.484 e. The molecule has 0 aromatic heterocycles. The van der Waals surface area contributed by atoms with Crippen molar-refractivity contribution in [3.63, 3.8) is 0 Å². The molecule has 0 spiro atoms. The maximum absolute atomic E-state index is 12.0. The number of benzene rings is 1. The van der Waals surface area contributed by atoms with Gasteiger partial charge in [-0.25, -0.2) is 0 Å². The minimum atomic E-state index is -0.0135. The van der Waals surface area contributed by atoms with Crippen LogP contribution < -0.4 is 4.74 Å². The van der Waals surface area contributed by atoms with Gasteiger partial charge in [0.25, 0.3) is 5.91 Å². The van der Waals surface area contributed by atoms with Gasteiger partial charge in [0, 0.05) is 24.7 Å². The third-order valence-electron chi connectivity index (χ3n) is 3.33. The topological polar surface area (TPSA) is 49.8 Å². The van der Waals surface area contributed by atoms with Crippen molar-refractivity contribution in [3.05, 3.63) is 29.3 Å². The zero-order valence-electron chi connectivity index (χ0n) is 10.7. The third-order valence-corrected chi connectivity index (χ3v) is 3.57. The van der Waals surface area contributed by atoms with Gasteiger partial charge in [-0.05, 0) is 37.0 Å². The van der Waals surface area contributed by atoms with E-state index in [-0.39, 0.29) is 19.1 Å². The molecule has 19 heavy (non-hydrogen) atoms. The van der Waals surface area contributed by atoms with E-state index in [1.807, 2.05) is 0 Å². The maximum atomic E-state index is 12.0. The van der Waals surface area contributed by atoms with Gasteiger partial charge in [-0.1, -0.05) is 17.7 Å². The summed E-state index contributed by atoms with van der Waals surface area (Å²) in [5.41, 5.74) is 0. The lowest BCUT2D eigenvalue weighted by Crippen LogP contribution is -2.33. The number of carbonyl (C=O) groups is 1. The molecule has 104 valence electrons. The second-order valence-corrected chi connectivity index (χ2v) is 5.19. The van der Waals surface area contributed by atoms with E-state index in [0.717, 1.165) is 25.9 Å². The quantitative estimate of drug-likeness (QED) is 0.899. The number of carbonyl (C=O) groups excluding carboxylic acids is 1. The second-order valence-electron chi connectivity index (χ2n) is 4.75. The van der Waals surface area contributed by atoms with E-state index in [4.69, 9.17) is 21.4 Å². The normalized spacial score (nSPS) is 18.6. The Morgan fingerprint density at radius 1 is 1.53 bits per heavy atom. The van der Waals surface area contributed by atoms with Gasteiger partial charge in [-0.3, -0.25) is 4.79 Å². The smallest absolute Gasteiger partial charge is 0.260 e. The molecule has 1 aromatic carbocycles. The van der Waals surface area contributed by atoms with Crippen molar-refractivity contribution in [2.45, 2.75) is 12.8 Å². The van der Waals surface area contributed by atoms with E-state index in [9.17, 15) is 4.79 Å². The highest BCUT2D eigenvalue weighted by atomic mass is 35.5. The first kappa shape index (κ1) is 14.2. The highest BCUT2D eigenvalue weighted by Crippen LogP contribution is 2.20. The molecule has 1 saturated heterocycles. The van der Waals surface area contributed by atoms with Gasteiger partial charge in [0.2, 0.25) is 0 Å². The van der Waals surface area contributed by atoms with Gasteiger partial charge in [0.05, 0.1) is 0 Å². The lowest BCUT2D eigenvalue weighted by Gasteiger charge is -2.16. The van der Waals surface area contributed by atoms with Crippen LogP contribution in [0.1, 0.15) is 12.8 Å². The molecule has 1 heterocycles. The third kappa shape index (κ3) is 4.11. The summed E-state index contributed by atoms with van der Waals surface area (Å²) in [5, 5.41) is 9.48. The number of rotatable bonds is 5. The summed E-state index contributed by atoms with van der Waals surface area (Å²) in [6.07, 6.45) is 1.72. The SMILES string of the molecule is O=C(COc1cccc(Cl)c1)N1CCC(CCO)C1. The molecule has 0 radical (unpaired) electrons. The number of amides is 1. The van der Waals surface area contributed by atoms with Gasteiger partial charge < -0.3 is 14.7 Å². The zero-order valence-corrected chi connectivity index (χ0v) is 11.5. The monoisotopic (exact) mass is 283 g/mol. The summed E-state index contributed by atoms with van der Waals surface area (Å²) >= 11 is 5.84. The van der Waals surface area contributed by atoms with Crippen LogP contribution >= 0.6 is 11.6 Å². The number of aliphatic hydroxyl groups excluding tert-OH is 1. The Kier molecular flexibility index (Phi) is 5.05. The zero-order chi connectivity index (χ0) is 13.7. The molecule has 5 heteroatoms. The Hall–Kier alpha value is -1.26. The summed E-state index contributed by atoms with van der Waals surface area (Å²) in [6, 6.07) is 7.01. The molecule has 1 aliphatic heterocycles. The first-order chi connectivity index (χ1) is 9.19. The van der Waals surface area contributed by atoms with Crippen molar-refractivity contribution in [1.29, 1.82) is 0 Å². The van der Waals surface area contributed by atoms with Crippen LogP contribution in [0.3, 0.4) is 0 Å². The van der Waals surface area contributed by atoms with Crippen molar-refractivity contribution < 1.29 is 14.6 Å². The van der Waals surface area contributed by atoms with E-state index in [2.05, 4.69) is 0 Å². The Labute approximate surface area is 117 Å². The summed E-state index contributed by atoms with van der Waals surface area (Å²) in [7, 11) is 0. The number of hydrogen-bond donors (Lipinski definition) is 1. The van der Waals surface area contributed by atoms with Gasteiger partial charge in [0.15, 0.2) is 6.61 Å². The minimum absolute atomic E-state index is 0.0135. The Bertz CT molecular complexity index is 438. The number of halogens is 1. The molecule has 2 rings (SSSR count). The fourth-order valence-corrected chi connectivity index (χ4v) is 2.45. The average Bonchev–Trinajstić information content (AvgIpc) is 2.85. The highest BCUT2D eigenvalue weighted by molar-refractivity contribution is 6.30. The average molecular weight is 284 g/mol. The van der Waals surface area contributed by atoms with Crippen molar-refractivity contribution >= 4 is 17.5 Å². The van der Waals surface area contributed by atoms with E-state index in [1.54, 1.807) is 29.2 Å². The van der Waals surface area contributed by atoms with Crippen LogP contribution in [0.15, 0.2) is 24.3 Å². The number of nitrogens with zero attached hydrogens (tertiary/aromatic N) is 1. The fraction of sp³-hybridized carbons (Fsp3) is 0.500. The van der Waals surface area contributed by atoms with Gasteiger partial charge in [-0.15, -0.1) is 0 Å². The van der Waals surface area contributed by atoms with Gasteiger partial charge in [-0.2, -0.15) is 0 Å². The number of hydrogen-bond acceptors (Lipinski definition) is 3. The number of aliphatic hydroxyl groups is 1. The van der Waals surface area contributed by atoms with E-state index in [0.29, 0.717) is 16.7 Å². The fourth-order valence-electron chi connectivity index (χ4n) is 2.27. The molecule has 1 fully saturated rings. The van der Waals surface area contributed by atoms with Crippen LogP contribution in [-0.2, 0) is 4.79 Å². The molecule has 4 nitrogen and oxygen atoms in total. The number of likely N-dealkylation sites (tertiary alicyclic amines) is 1. The van der Waals surface area contributed by atoms with Crippen LogP contribution in [0.2, 0.25) is 5.02 Å². The number of ether oxygens (including phenoxy) is 1. The van der Waals surface area contributed by atoms with Crippen LogP contribution in [0.4, 0.5) is 0 Å². The predicted octanol–water partition coefficient (Wildman–Crippen LogP) is 1.95. The minimum Gasteiger partial charge on any atom is -0.484 e. The molecule has 1 amide bonds. The van der Waals surface area contributed by atoms with Crippen molar-refractivity contribution in [2.75, 3.05) is 26.3 Å². The molecule has 1 N–H and O–H groups in total. The summed E-state index contributed by atoms with van der Waals surface area (Å²) in [6.45, 7) is 1.69. The Balaban J connectivity index is 1.79. The molecular formula is C14H18ClNO3. The maximum Gasteiger partial charge on any atom is 0.260 e. The highest BCUT2D eigenvalue weighted by Gasteiger charge is 2.25. The molecule has 0 bridgehead atoms. The van der Waals surface area contributed by atoms with Crippen LogP contribution in [0.5, 0.6) is 5.75 Å². The first-order valence-electron chi connectivity index (χ1n) is 6.46. The standard InChI is InChI=1S/C14H18ClNO3/c15-12-2-1-3-13(8-12)19-10-14(18)16-6-4-11(9-16)5-7-17/h1-3,8,11,17H,4-7,9-10H2. The van der Waals surface area contributed by atoms with Gasteiger partial charge >= 0.3 is 0 Å². The molecule has 1 unspecified atom stereocenters. The summed E-state index contributed by atoms with van der Waals surface area (Å²) in [5.74, 6) is 1.01. The lowest BCUT2D eigenvalue weighted by molar-refractivity contribution is -0.132. The van der Waals surface area contributed by atoms with Crippen LogP contribution in [0, 0.1) is 5.92 Å². The van der Waals surface area contributed by atoms with Crippen LogP contribution in [-0.4, -0.2) is 42.2 Å². The molecule has 1 atom stereocenters. The van der Waals surface area contributed by atoms with Crippen molar-refractivity contribution in [3.8, 4) is 5.75 Å². The predicted molar refractivity (Wildman–Crippen MR) is 73.3 cm³/mol. The molecule has 1 aliphatic rings. The second kappa shape index (κ2) is 6.78. The van der Waals surface area contributed by atoms with Crippen molar-refractivity contribution in [1.82, 2.24) is 4.90 Å². The van der Waals surface area contributed by atoms with Crippen LogP contribution in [0.25, 0.3) is 0 Å². The van der Waals surface area contributed by atoms with E-state index >= 15 is 0 Å². The Morgan fingerprint density at radius 2 is 2.37 bits per heavy atom. The summed E-state index contributed by atoms with van der Waals surface area (Å²) in [4.78, 5) is 13.8. The Morgan fingerprint density at radius 3 is 3.11 bits per heavy atom. The molecule has 0 saturated carbocycles.